The second-order valence-electron chi connectivity index (χ2n) is 6.94. The third kappa shape index (κ3) is 5.93. The Kier molecular flexibility index (Phi) is 6.66. The number of carbonyl (C=O) groups excluding carboxylic acids is 1. The lowest BCUT2D eigenvalue weighted by atomic mass is 10.2. The van der Waals surface area contributed by atoms with Gasteiger partial charge in [0.15, 0.2) is 0 Å². The van der Waals surface area contributed by atoms with E-state index in [0.29, 0.717) is 28.1 Å². The van der Waals surface area contributed by atoms with Crippen molar-refractivity contribution >= 4 is 38.9 Å². The molecule has 2 N–H and O–H groups in total. The van der Waals surface area contributed by atoms with Crippen molar-refractivity contribution < 1.29 is 17.7 Å². The monoisotopic (exact) mass is 483 g/mol. The van der Waals surface area contributed by atoms with E-state index < -0.39 is 10.0 Å². The number of aromatic nitrogens is 3. The van der Waals surface area contributed by atoms with Gasteiger partial charge in [-0.05, 0) is 54.6 Å². The molecule has 168 valence electrons. The molecule has 0 aliphatic carbocycles. The smallest absolute Gasteiger partial charge is 0.261 e. The van der Waals surface area contributed by atoms with E-state index in [-0.39, 0.29) is 23.6 Å². The third-order valence-corrected chi connectivity index (χ3v) is 6.14. The molecule has 9 nitrogen and oxygen atoms in total. The van der Waals surface area contributed by atoms with Crippen molar-refractivity contribution in [2.45, 2.75) is 17.7 Å². The van der Waals surface area contributed by atoms with Gasteiger partial charge in [-0.25, -0.2) is 8.42 Å². The van der Waals surface area contributed by atoms with Gasteiger partial charge in [0.05, 0.1) is 10.6 Å². The Balaban J connectivity index is 1.35. The van der Waals surface area contributed by atoms with Crippen LogP contribution in [-0.4, -0.2) is 29.4 Å². The lowest BCUT2D eigenvalue weighted by Crippen LogP contribution is -2.14. The third-order valence-electron chi connectivity index (χ3n) is 4.50. The number of nitrogens with zero attached hydrogens (tertiary/aromatic N) is 3. The van der Waals surface area contributed by atoms with Crippen molar-refractivity contribution in [2.24, 2.45) is 0 Å². The molecule has 2 aromatic carbocycles. The van der Waals surface area contributed by atoms with Crippen LogP contribution in [-0.2, 0) is 21.2 Å². The molecule has 0 unspecified atom stereocenters. The highest BCUT2D eigenvalue weighted by Crippen LogP contribution is 2.21. The number of sulfonamides is 1. The zero-order chi connectivity index (χ0) is 23.3. The highest BCUT2D eigenvalue weighted by molar-refractivity contribution is 7.92. The summed E-state index contributed by atoms with van der Waals surface area (Å²) >= 11 is 5.81. The summed E-state index contributed by atoms with van der Waals surface area (Å²) < 4.78 is 32.8. The molecule has 4 aromatic rings. The summed E-state index contributed by atoms with van der Waals surface area (Å²) in [6.07, 6.45) is 3.62. The molecule has 0 saturated heterocycles. The van der Waals surface area contributed by atoms with Gasteiger partial charge in [-0.3, -0.25) is 14.5 Å². The van der Waals surface area contributed by atoms with Gasteiger partial charge in [-0.15, -0.1) is 0 Å². The first-order valence-corrected chi connectivity index (χ1v) is 11.7. The van der Waals surface area contributed by atoms with Crippen molar-refractivity contribution in [1.82, 2.24) is 15.1 Å². The van der Waals surface area contributed by atoms with Crippen LogP contribution in [0.4, 0.5) is 11.4 Å². The number of halogens is 1. The number of rotatable bonds is 8. The number of carbonyl (C=O) groups is 1. The number of anilines is 2. The molecule has 0 aliphatic rings. The molecule has 0 aliphatic heterocycles. The highest BCUT2D eigenvalue weighted by atomic mass is 35.5. The van der Waals surface area contributed by atoms with Crippen molar-refractivity contribution in [2.75, 3.05) is 10.0 Å². The molecule has 33 heavy (non-hydrogen) atoms. The van der Waals surface area contributed by atoms with Crippen LogP contribution < -0.4 is 10.0 Å². The van der Waals surface area contributed by atoms with E-state index >= 15 is 0 Å². The maximum absolute atomic E-state index is 12.5. The van der Waals surface area contributed by atoms with Gasteiger partial charge in [0, 0.05) is 41.5 Å². The number of benzene rings is 2. The van der Waals surface area contributed by atoms with Crippen molar-refractivity contribution in [1.29, 1.82) is 0 Å². The predicted octanol–water partition coefficient (Wildman–Crippen LogP) is 4.16. The van der Waals surface area contributed by atoms with Gasteiger partial charge in [-0.1, -0.05) is 22.8 Å². The van der Waals surface area contributed by atoms with Crippen LogP contribution in [0.5, 0.6) is 0 Å². The van der Waals surface area contributed by atoms with E-state index in [4.69, 9.17) is 16.1 Å². The zero-order valence-electron chi connectivity index (χ0n) is 17.1. The fourth-order valence-corrected chi connectivity index (χ4v) is 4.08. The average Bonchev–Trinajstić information content (AvgIpc) is 3.28. The van der Waals surface area contributed by atoms with Crippen LogP contribution in [0.1, 0.15) is 12.3 Å². The van der Waals surface area contributed by atoms with E-state index in [1.165, 1.54) is 30.3 Å². The Bertz CT molecular complexity index is 1360. The van der Waals surface area contributed by atoms with E-state index in [1.54, 1.807) is 42.7 Å². The summed E-state index contributed by atoms with van der Waals surface area (Å²) in [5.41, 5.74) is 1.52. The number of hydrogen-bond acceptors (Lipinski definition) is 7. The topological polar surface area (TPSA) is 127 Å². The van der Waals surface area contributed by atoms with Gasteiger partial charge in [0.25, 0.3) is 10.0 Å². The summed E-state index contributed by atoms with van der Waals surface area (Å²) in [5, 5.41) is 7.08. The normalized spacial score (nSPS) is 11.2. The Morgan fingerprint density at radius 1 is 1.00 bits per heavy atom. The van der Waals surface area contributed by atoms with Crippen LogP contribution in [0.3, 0.4) is 0 Å². The Labute approximate surface area is 194 Å². The first kappa shape index (κ1) is 22.4. The quantitative estimate of drug-likeness (QED) is 0.385. The first-order valence-electron chi connectivity index (χ1n) is 9.80. The molecule has 0 saturated carbocycles. The van der Waals surface area contributed by atoms with Crippen LogP contribution in [0.15, 0.2) is 82.5 Å². The minimum Gasteiger partial charge on any atom is -0.339 e. The average molecular weight is 484 g/mol. The Hall–Kier alpha value is -3.76. The van der Waals surface area contributed by atoms with Gasteiger partial charge in [0.1, 0.15) is 0 Å². The molecule has 1 amide bonds. The highest BCUT2D eigenvalue weighted by Gasteiger charge is 2.15. The fourth-order valence-electron chi connectivity index (χ4n) is 2.91. The molecular weight excluding hydrogens is 466 g/mol. The molecule has 4 rings (SSSR count). The molecule has 0 fully saturated rings. The van der Waals surface area contributed by atoms with E-state index in [2.05, 4.69) is 25.2 Å². The van der Waals surface area contributed by atoms with Gasteiger partial charge in [-0.2, -0.15) is 4.98 Å². The largest absolute Gasteiger partial charge is 0.339 e. The van der Waals surface area contributed by atoms with Crippen molar-refractivity contribution in [3.8, 4) is 11.4 Å². The van der Waals surface area contributed by atoms with E-state index in [1.807, 2.05) is 0 Å². The first-order chi connectivity index (χ1) is 15.9. The summed E-state index contributed by atoms with van der Waals surface area (Å²) in [6.45, 7) is 0. The molecule has 0 radical (unpaired) electrons. The summed E-state index contributed by atoms with van der Waals surface area (Å²) in [6, 6.07) is 15.7. The minimum atomic E-state index is -3.80. The fraction of sp³-hybridized carbons (Fsp3) is 0.0909. The SMILES string of the molecule is O=C(CCc1nc(-c2ccncc2)no1)Nc1cccc(NS(=O)(=O)c2ccc(Cl)cc2)c1. The molecular formula is C22H18ClN5O4S. The minimum absolute atomic E-state index is 0.0760. The molecule has 0 bridgehead atoms. The van der Waals surface area contributed by atoms with Crippen LogP contribution in [0.25, 0.3) is 11.4 Å². The van der Waals surface area contributed by atoms with Crippen molar-refractivity contribution in [3.63, 3.8) is 0 Å². The lowest BCUT2D eigenvalue weighted by molar-refractivity contribution is -0.116. The maximum atomic E-state index is 12.5. The number of aryl methyl sites for hydroxylation is 1. The van der Waals surface area contributed by atoms with Gasteiger partial charge in [0.2, 0.25) is 17.6 Å². The predicted molar refractivity (Wildman–Crippen MR) is 123 cm³/mol. The lowest BCUT2D eigenvalue weighted by Gasteiger charge is -2.10. The molecule has 2 aromatic heterocycles. The summed E-state index contributed by atoms with van der Waals surface area (Å²) in [7, 11) is -3.80. The number of hydrogen-bond donors (Lipinski definition) is 2. The van der Waals surface area contributed by atoms with Gasteiger partial charge < -0.3 is 9.84 Å². The van der Waals surface area contributed by atoms with Gasteiger partial charge >= 0.3 is 0 Å². The summed E-state index contributed by atoms with van der Waals surface area (Å²) in [5.74, 6) is 0.478. The Morgan fingerprint density at radius 2 is 1.73 bits per heavy atom. The maximum Gasteiger partial charge on any atom is 0.261 e. The number of nitrogens with one attached hydrogen (secondary N) is 2. The second-order valence-corrected chi connectivity index (χ2v) is 9.05. The zero-order valence-corrected chi connectivity index (χ0v) is 18.7. The van der Waals surface area contributed by atoms with E-state index in [9.17, 15) is 13.2 Å². The second kappa shape index (κ2) is 9.80. The molecule has 2 heterocycles. The molecule has 0 atom stereocenters. The molecule has 11 heteroatoms. The standard InChI is InChI=1S/C22H18ClN5O4S/c23-16-4-6-19(7-5-16)33(30,31)28-18-3-1-2-17(14-18)25-20(29)8-9-21-26-22(27-32-21)15-10-12-24-13-11-15/h1-7,10-14,28H,8-9H2,(H,25,29). The van der Waals surface area contributed by atoms with E-state index in [0.717, 1.165) is 5.56 Å². The Morgan fingerprint density at radius 3 is 2.48 bits per heavy atom. The summed E-state index contributed by atoms with van der Waals surface area (Å²) in [4.78, 5) is 20.6. The van der Waals surface area contributed by atoms with Crippen LogP contribution in [0.2, 0.25) is 5.02 Å². The number of pyridine rings is 1. The van der Waals surface area contributed by atoms with Crippen LogP contribution >= 0.6 is 11.6 Å². The van der Waals surface area contributed by atoms with Crippen LogP contribution in [0, 0.1) is 0 Å². The number of amides is 1. The molecule has 0 spiro atoms. The van der Waals surface area contributed by atoms with Crippen molar-refractivity contribution in [3.05, 3.63) is 84.0 Å².